The van der Waals surface area contributed by atoms with Gasteiger partial charge in [-0.2, -0.15) is 4.31 Å². The highest BCUT2D eigenvalue weighted by Crippen LogP contribution is 2.31. The highest BCUT2D eigenvalue weighted by Gasteiger charge is 2.34. The standard InChI is InChI=1S/C14H21FN2O3S/c1-8-5-12(15)13(16)11(4)14(8)21(18,19)17-6-9(2)20-10(3)7-17/h5,9-10H,6-7,16H2,1-4H3/t9-,10+. The van der Waals surface area contributed by atoms with E-state index in [1.807, 2.05) is 13.8 Å². The van der Waals surface area contributed by atoms with E-state index in [9.17, 15) is 12.8 Å². The average molecular weight is 316 g/mol. The van der Waals surface area contributed by atoms with E-state index in [0.717, 1.165) is 0 Å². The summed E-state index contributed by atoms with van der Waals surface area (Å²) >= 11 is 0. The number of rotatable bonds is 2. The molecule has 0 saturated carbocycles. The summed E-state index contributed by atoms with van der Waals surface area (Å²) in [6.45, 7) is 7.33. The zero-order valence-electron chi connectivity index (χ0n) is 12.7. The summed E-state index contributed by atoms with van der Waals surface area (Å²) in [5.74, 6) is -0.590. The molecule has 0 aromatic heterocycles. The highest BCUT2D eigenvalue weighted by atomic mass is 32.2. The fourth-order valence-corrected chi connectivity index (χ4v) is 4.82. The van der Waals surface area contributed by atoms with Gasteiger partial charge in [-0.15, -0.1) is 0 Å². The number of ether oxygens (including phenoxy) is 1. The first-order chi connectivity index (χ1) is 9.64. The molecule has 1 saturated heterocycles. The lowest BCUT2D eigenvalue weighted by Crippen LogP contribution is -2.48. The fourth-order valence-electron chi connectivity index (χ4n) is 2.78. The van der Waals surface area contributed by atoms with Crippen LogP contribution in [0.5, 0.6) is 0 Å². The largest absolute Gasteiger partial charge is 0.396 e. The van der Waals surface area contributed by atoms with Crippen LogP contribution in [0.4, 0.5) is 10.1 Å². The molecule has 5 nitrogen and oxygen atoms in total. The van der Waals surface area contributed by atoms with E-state index >= 15 is 0 Å². The van der Waals surface area contributed by atoms with Crippen molar-refractivity contribution in [1.82, 2.24) is 4.31 Å². The maximum atomic E-state index is 13.6. The molecule has 2 N–H and O–H groups in total. The van der Waals surface area contributed by atoms with E-state index in [1.54, 1.807) is 6.92 Å². The molecule has 0 bridgehead atoms. The molecular weight excluding hydrogens is 295 g/mol. The van der Waals surface area contributed by atoms with Crippen molar-refractivity contribution in [3.8, 4) is 0 Å². The first-order valence-electron chi connectivity index (χ1n) is 6.85. The Morgan fingerprint density at radius 2 is 1.81 bits per heavy atom. The summed E-state index contributed by atoms with van der Waals surface area (Å²) in [7, 11) is -3.72. The van der Waals surface area contributed by atoms with Crippen molar-refractivity contribution >= 4 is 15.7 Å². The molecule has 1 aliphatic heterocycles. The van der Waals surface area contributed by atoms with Gasteiger partial charge in [0, 0.05) is 13.1 Å². The fraction of sp³-hybridized carbons (Fsp3) is 0.571. The van der Waals surface area contributed by atoms with E-state index in [4.69, 9.17) is 10.5 Å². The molecule has 21 heavy (non-hydrogen) atoms. The van der Waals surface area contributed by atoms with E-state index in [0.29, 0.717) is 5.56 Å². The summed E-state index contributed by atoms with van der Waals surface area (Å²) in [5.41, 5.74) is 6.16. The quantitative estimate of drug-likeness (QED) is 0.845. The SMILES string of the molecule is Cc1cc(F)c(N)c(C)c1S(=O)(=O)N1C[C@@H](C)O[C@@H](C)C1. The molecule has 2 atom stereocenters. The zero-order chi connectivity index (χ0) is 15.9. The van der Waals surface area contributed by atoms with E-state index in [1.165, 1.54) is 17.3 Å². The number of nitrogen functional groups attached to an aromatic ring is 1. The van der Waals surface area contributed by atoms with Gasteiger partial charge in [-0.3, -0.25) is 0 Å². The van der Waals surface area contributed by atoms with Crippen LogP contribution in [-0.4, -0.2) is 38.0 Å². The van der Waals surface area contributed by atoms with Gasteiger partial charge in [0.1, 0.15) is 5.82 Å². The summed E-state index contributed by atoms with van der Waals surface area (Å²) in [4.78, 5) is 0.0997. The molecule has 0 unspecified atom stereocenters. The molecule has 1 aliphatic rings. The number of hydrogen-bond donors (Lipinski definition) is 1. The minimum atomic E-state index is -3.72. The Labute approximate surface area is 124 Å². The maximum Gasteiger partial charge on any atom is 0.243 e. The number of morpholine rings is 1. The van der Waals surface area contributed by atoms with Crippen LogP contribution in [-0.2, 0) is 14.8 Å². The number of sulfonamides is 1. The van der Waals surface area contributed by atoms with Gasteiger partial charge >= 0.3 is 0 Å². The van der Waals surface area contributed by atoms with Gasteiger partial charge in [-0.1, -0.05) is 0 Å². The molecule has 2 rings (SSSR count). The lowest BCUT2D eigenvalue weighted by Gasteiger charge is -2.35. The molecule has 0 radical (unpaired) electrons. The van der Waals surface area contributed by atoms with E-state index in [-0.39, 0.29) is 41.4 Å². The van der Waals surface area contributed by atoms with Gasteiger partial charge < -0.3 is 10.5 Å². The van der Waals surface area contributed by atoms with Gasteiger partial charge in [0.05, 0.1) is 22.8 Å². The van der Waals surface area contributed by atoms with E-state index in [2.05, 4.69) is 0 Å². The van der Waals surface area contributed by atoms with Crippen molar-refractivity contribution in [3.63, 3.8) is 0 Å². The summed E-state index contributed by atoms with van der Waals surface area (Å²) in [6.07, 6.45) is -0.358. The van der Waals surface area contributed by atoms with Gasteiger partial charge in [0.25, 0.3) is 0 Å². The third-order valence-electron chi connectivity index (χ3n) is 3.69. The van der Waals surface area contributed by atoms with Crippen molar-refractivity contribution in [3.05, 3.63) is 23.0 Å². The predicted molar refractivity (Wildman–Crippen MR) is 79.1 cm³/mol. The van der Waals surface area contributed by atoms with Crippen LogP contribution in [0.25, 0.3) is 0 Å². The Bertz CT molecular complexity index is 651. The van der Waals surface area contributed by atoms with Crippen LogP contribution in [0.2, 0.25) is 0 Å². The summed E-state index contributed by atoms with van der Waals surface area (Å²) < 4.78 is 46.3. The second-order valence-corrected chi connectivity index (χ2v) is 7.50. The van der Waals surface area contributed by atoms with Gasteiger partial charge in [-0.25, -0.2) is 12.8 Å². The lowest BCUT2D eigenvalue weighted by molar-refractivity contribution is -0.0441. The van der Waals surface area contributed by atoms with Crippen molar-refractivity contribution in [2.24, 2.45) is 0 Å². The Balaban J connectivity index is 2.52. The Hall–Kier alpha value is -1.18. The molecule has 1 aromatic carbocycles. The molecule has 0 spiro atoms. The zero-order valence-corrected chi connectivity index (χ0v) is 13.5. The smallest absolute Gasteiger partial charge is 0.243 e. The second-order valence-electron chi connectivity index (χ2n) is 5.62. The van der Waals surface area contributed by atoms with Crippen LogP contribution >= 0.6 is 0 Å². The molecule has 1 heterocycles. The third-order valence-corrected chi connectivity index (χ3v) is 5.81. The molecule has 0 aliphatic carbocycles. The van der Waals surface area contributed by atoms with Crippen molar-refractivity contribution in [2.45, 2.75) is 44.8 Å². The molecule has 1 fully saturated rings. The number of hydrogen-bond acceptors (Lipinski definition) is 4. The lowest BCUT2D eigenvalue weighted by atomic mass is 10.1. The van der Waals surface area contributed by atoms with E-state index < -0.39 is 15.8 Å². The number of nitrogens with two attached hydrogens (primary N) is 1. The second kappa shape index (κ2) is 5.55. The maximum absolute atomic E-state index is 13.6. The number of aryl methyl sites for hydroxylation is 1. The molecular formula is C14H21FN2O3S. The first kappa shape index (κ1) is 16.2. The van der Waals surface area contributed by atoms with Gasteiger partial charge in [-0.05, 0) is 44.9 Å². The number of halogens is 1. The molecule has 118 valence electrons. The monoisotopic (exact) mass is 316 g/mol. The Morgan fingerprint density at radius 1 is 1.29 bits per heavy atom. The number of nitrogens with zero attached hydrogens (tertiary/aromatic N) is 1. The third kappa shape index (κ3) is 2.90. The summed E-state index contributed by atoms with van der Waals surface area (Å²) in [6, 6.07) is 1.17. The highest BCUT2D eigenvalue weighted by molar-refractivity contribution is 7.89. The number of anilines is 1. The Kier molecular flexibility index (Phi) is 4.28. The topological polar surface area (TPSA) is 72.6 Å². The van der Waals surface area contributed by atoms with Crippen LogP contribution in [0, 0.1) is 19.7 Å². The minimum absolute atomic E-state index is 0.0997. The van der Waals surface area contributed by atoms with Crippen LogP contribution in [0.3, 0.4) is 0 Å². The summed E-state index contributed by atoms with van der Waals surface area (Å²) in [5, 5.41) is 0. The molecule has 0 amide bonds. The van der Waals surface area contributed by atoms with Crippen LogP contribution < -0.4 is 5.73 Å². The van der Waals surface area contributed by atoms with Crippen LogP contribution in [0.15, 0.2) is 11.0 Å². The minimum Gasteiger partial charge on any atom is -0.396 e. The Morgan fingerprint density at radius 3 is 2.33 bits per heavy atom. The van der Waals surface area contributed by atoms with Gasteiger partial charge in [0.15, 0.2) is 0 Å². The van der Waals surface area contributed by atoms with Crippen molar-refractivity contribution in [2.75, 3.05) is 18.8 Å². The van der Waals surface area contributed by atoms with Crippen molar-refractivity contribution < 1.29 is 17.5 Å². The molecule has 7 heteroatoms. The number of benzene rings is 1. The first-order valence-corrected chi connectivity index (χ1v) is 8.29. The normalized spacial score (nSPS) is 24.2. The van der Waals surface area contributed by atoms with Gasteiger partial charge in [0.2, 0.25) is 10.0 Å². The van der Waals surface area contributed by atoms with Crippen molar-refractivity contribution in [1.29, 1.82) is 0 Å². The van der Waals surface area contributed by atoms with Crippen LogP contribution in [0.1, 0.15) is 25.0 Å². The molecule has 1 aromatic rings. The predicted octanol–water partition coefficient (Wildman–Crippen LogP) is 1.82. The average Bonchev–Trinajstić information content (AvgIpc) is 2.34.